The normalized spacial score (nSPS) is 28.8. The Morgan fingerprint density at radius 2 is 1.91 bits per heavy atom. The molecule has 1 aromatic carbocycles. The second-order valence-corrected chi connectivity index (χ2v) is 7.36. The van der Waals surface area contributed by atoms with Gasteiger partial charge < -0.3 is 4.74 Å². The van der Waals surface area contributed by atoms with E-state index in [9.17, 15) is 4.79 Å². The highest BCUT2D eigenvalue weighted by Crippen LogP contribution is 2.43. The summed E-state index contributed by atoms with van der Waals surface area (Å²) in [7, 11) is 0. The van der Waals surface area contributed by atoms with Crippen LogP contribution in [-0.4, -0.2) is 28.6 Å². The van der Waals surface area contributed by atoms with Crippen molar-refractivity contribution in [3.05, 3.63) is 48.0 Å². The minimum absolute atomic E-state index is 0.0906. The lowest BCUT2D eigenvalue weighted by Crippen LogP contribution is -2.47. The Balaban J connectivity index is 1.85. The van der Waals surface area contributed by atoms with E-state index in [1.165, 1.54) is 5.56 Å². The minimum atomic E-state index is -0.440. The number of ether oxygens (including phenoxy) is 1. The maximum atomic E-state index is 12.7. The van der Waals surface area contributed by atoms with E-state index < -0.39 is 5.60 Å². The van der Waals surface area contributed by atoms with Crippen molar-refractivity contribution >= 4 is 5.97 Å². The number of fused-ring (bicyclic) bond motifs is 2. The molecule has 22 heavy (non-hydrogen) atoms. The fourth-order valence-electron chi connectivity index (χ4n) is 3.68. The van der Waals surface area contributed by atoms with Crippen molar-refractivity contribution in [3.63, 3.8) is 0 Å². The summed E-state index contributed by atoms with van der Waals surface area (Å²) in [5, 5.41) is 0. The molecule has 1 heterocycles. The van der Waals surface area contributed by atoms with Gasteiger partial charge in [-0.3, -0.25) is 9.69 Å². The van der Waals surface area contributed by atoms with Crippen LogP contribution in [0.2, 0.25) is 0 Å². The van der Waals surface area contributed by atoms with Crippen LogP contribution in [0, 0.1) is 5.92 Å². The molecule has 2 bridgehead atoms. The van der Waals surface area contributed by atoms with E-state index in [2.05, 4.69) is 48.2 Å². The molecule has 4 atom stereocenters. The molecule has 1 saturated heterocycles. The molecule has 0 aromatic heterocycles. The molecule has 3 nitrogen and oxygen atoms in total. The van der Waals surface area contributed by atoms with E-state index in [1.54, 1.807) is 0 Å². The van der Waals surface area contributed by atoms with E-state index in [-0.39, 0.29) is 24.0 Å². The Kier molecular flexibility index (Phi) is 3.85. The fraction of sp³-hybridized carbons (Fsp3) is 0.526. The van der Waals surface area contributed by atoms with Crippen LogP contribution in [0.5, 0.6) is 0 Å². The van der Waals surface area contributed by atoms with Crippen molar-refractivity contribution in [2.75, 3.05) is 0 Å². The highest BCUT2D eigenvalue weighted by molar-refractivity contribution is 5.78. The second kappa shape index (κ2) is 5.54. The molecule has 118 valence electrons. The summed E-state index contributed by atoms with van der Waals surface area (Å²) in [6, 6.07) is 10.8. The molecule has 1 fully saturated rings. The van der Waals surface area contributed by atoms with E-state index in [0.717, 1.165) is 6.42 Å². The van der Waals surface area contributed by atoms with Gasteiger partial charge in [0.25, 0.3) is 0 Å². The van der Waals surface area contributed by atoms with Gasteiger partial charge in [0.2, 0.25) is 0 Å². The van der Waals surface area contributed by atoms with Crippen molar-refractivity contribution in [2.45, 2.75) is 57.8 Å². The van der Waals surface area contributed by atoms with Gasteiger partial charge in [0, 0.05) is 18.0 Å². The lowest BCUT2D eigenvalue weighted by atomic mass is 9.99. The van der Waals surface area contributed by atoms with Crippen molar-refractivity contribution in [3.8, 4) is 0 Å². The van der Waals surface area contributed by atoms with Gasteiger partial charge in [-0.1, -0.05) is 42.5 Å². The standard InChI is InChI=1S/C19H25NO2/c1-13(14-8-6-5-7-9-14)20-16-11-10-15(12-16)17(20)18(21)22-19(2,3)4/h5-11,13,15-17H,12H2,1-4H3/t13-,15+,16-,17+/m1/s1. The van der Waals surface area contributed by atoms with E-state index in [0.29, 0.717) is 6.04 Å². The summed E-state index contributed by atoms with van der Waals surface area (Å²) in [6.07, 6.45) is 5.46. The number of carbonyl (C=O) groups is 1. The van der Waals surface area contributed by atoms with Crippen LogP contribution in [0.4, 0.5) is 0 Å². The van der Waals surface area contributed by atoms with Crippen LogP contribution in [0.1, 0.15) is 45.7 Å². The number of hydrogen-bond acceptors (Lipinski definition) is 3. The summed E-state index contributed by atoms with van der Waals surface area (Å²) in [4.78, 5) is 15.0. The van der Waals surface area contributed by atoms with Gasteiger partial charge in [-0.15, -0.1) is 0 Å². The SMILES string of the molecule is C[C@H](c1ccccc1)N1[C@@H]2C=C[C@@H](C2)[C@H]1C(=O)OC(C)(C)C. The van der Waals surface area contributed by atoms with Crippen molar-refractivity contribution in [1.82, 2.24) is 4.90 Å². The molecule has 3 rings (SSSR count). The van der Waals surface area contributed by atoms with Gasteiger partial charge in [-0.25, -0.2) is 0 Å². The first kappa shape index (κ1) is 15.3. The fourth-order valence-corrected chi connectivity index (χ4v) is 3.68. The molecule has 2 aliphatic rings. The van der Waals surface area contributed by atoms with Gasteiger partial charge in [0.1, 0.15) is 11.6 Å². The Hall–Kier alpha value is -1.61. The molecule has 1 aliphatic carbocycles. The summed E-state index contributed by atoms with van der Waals surface area (Å²) in [5.74, 6) is 0.193. The first-order chi connectivity index (χ1) is 10.4. The average Bonchev–Trinajstić information content (AvgIpc) is 3.06. The zero-order valence-corrected chi connectivity index (χ0v) is 13.8. The molecular formula is C19H25NO2. The maximum absolute atomic E-state index is 12.7. The number of carbonyl (C=O) groups excluding carboxylic acids is 1. The first-order valence-electron chi connectivity index (χ1n) is 8.10. The maximum Gasteiger partial charge on any atom is 0.324 e. The van der Waals surface area contributed by atoms with Crippen LogP contribution in [0.15, 0.2) is 42.5 Å². The van der Waals surface area contributed by atoms with Crippen LogP contribution in [-0.2, 0) is 9.53 Å². The topological polar surface area (TPSA) is 29.5 Å². The quantitative estimate of drug-likeness (QED) is 0.629. The molecule has 0 N–H and O–H groups in total. The lowest BCUT2D eigenvalue weighted by molar-refractivity contribution is -0.162. The predicted octanol–water partition coefficient (Wildman–Crippen LogP) is 3.72. The molecule has 1 aliphatic heterocycles. The highest BCUT2D eigenvalue weighted by atomic mass is 16.6. The van der Waals surface area contributed by atoms with E-state index >= 15 is 0 Å². The zero-order chi connectivity index (χ0) is 15.9. The molecule has 0 unspecified atom stereocenters. The molecule has 3 heteroatoms. The molecule has 1 aromatic rings. The summed E-state index contributed by atoms with van der Waals surface area (Å²) < 4.78 is 5.68. The molecule has 0 radical (unpaired) electrons. The van der Waals surface area contributed by atoms with Gasteiger partial charge in [0.15, 0.2) is 0 Å². The summed E-state index contributed by atoms with van der Waals surface area (Å²) in [5.41, 5.74) is 0.807. The molecule has 0 saturated carbocycles. The average molecular weight is 299 g/mol. The van der Waals surface area contributed by atoms with Crippen molar-refractivity contribution in [2.24, 2.45) is 5.92 Å². The predicted molar refractivity (Wildman–Crippen MR) is 87.4 cm³/mol. The van der Waals surface area contributed by atoms with E-state index in [4.69, 9.17) is 4.74 Å². The van der Waals surface area contributed by atoms with Crippen molar-refractivity contribution < 1.29 is 9.53 Å². The molecule has 0 spiro atoms. The number of benzene rings is 1. The number of esters is 1. The van der Waals surface area contributed by atoms with Gasteiger partial charge in [-0.2, -0.15) is 0 Å². The smallest absolute Gasteiger partial charge is 0.324 e. The Labute approximate surface area is 133 Å². The Bertz CT molecular complexity index is 573. The van der Waals surface area contributed by atoms with Crippen LogP contribution < -0.4 is 0 Å². The third-order valence-electron chi connectivity index (χ3n) is 4.58. The highest BCUT2D eigenvalue weighted by Gasteiger charge is 2.49. The van der Waals surface area contributed by atoms with Gasteiger partial charge in [-0.05, 0) is 39.7 Å². The lowest BCUT2D eigenvalue weighted by Gasteiger charge is -2.37. The zero-order valence-electron chi connectivity index (χ0n) is 13.8. The summed E-state index contributed by atoms with van der Waals surface area (Å²) in [6.45, 7) is 7.97. The van der Waals surface area contributed by atoms with Crippen molar-refractivity contribution in [1.29, 1.82) is 0 Å². The molecule has 0 amide bonds. The first-order valence-corrected chi connectivity index (χ1v) is 8.10. The van der Waals surface area contributed by atoms with Gasteiger partial charge >= 0.3 is 5.97 Å². The van der Waals surface area contributed by atoms with E-state index in [1.807, 2.05) is 26.8 Å². The number of nitrogens with zero attached hydrogens (tertiary/aromatic N) is 1. The third kappa shape index (κ3) is 2.82. The Morgan fingerprint density at radius 1 is 1.23 bits per heavy atom. The monoisotopic (exact) mass is 299 g/mol. The molecular weight excluding hydrogens is 274 g/mol. The summed E-state index contributed by atoms with van der Waals surface area (Å²) >= 11 is 0. The minimum Gasteiger partial charge on any atom is -0.459 e. The van der Waals surface area contributed by atoms with Crippen LogP contribution in [0.25, 0.3) is 0 Å². The number of likely N-dealkylation sites (tertiary alicyclic amines) is 1. The van der Waals surface area contributed by atoms with Crippen LogP contribution in [0.3, 0.4) is 0 Å². The number of rotatable bonds is 3. The van der Waals surface area contributed by atoms with Crippen LogP contribution >= 0.6 is 0 Å². The second-order valence-electron chi connectivity index (χ2n) is 7.36. The third-order valence-corrected chi connectivity index (χ3v) is 4.58. The number of hydrogen-bond donors (Lipinski definition) is 0. The van der Waals surface area contributed by atoms with Gasteiger partial charge in [0.05, 0.1) is 0 Å². The largest absolute Gasteiger partial charge is 0.459 e. The Morgan fingerprint density at radius 3 is 2.55 bits per heavy atom.